The Morgan fingerprint density at radius 3 is 2.37 bits per heavy atom. The number of amides is 2. The summed E-state index contributed by atoms with van der Waals surface area (Å²) in [5.41, 5.74) is 8.20. The van der Waals surface area contributed by atoms with Crippen LogP contribution in [-0.2, 0) is 6.42 Å². The van der Waals surface area contributed by atoms with Crippen molar-refractivity contribution in [1.82, 2.24) is 15.8 Å². The van der Waals surface area contributed by atoms with Crippen molar-refractivity contribution in [3.05, 3.63) is 89.2 Å². The van der Waals surface area contributed by atoms with Crippen LogP contribution in [0.1, 0.15) is 39.0 Å². The molecule has 0 aliphatic heterocycles. The molecular weight excluding hydrogens is 378 g/mol. The fourth-order valence-corrected chi connectivity index (χ4v) is 3.21. The van der Waals surface area contributed by atoms with E-state index in [-0.39, 0.29) is 5.91 Å². The summed E-state index contributed by atoms with van der Waals surface area (Å²) in [6.45, 7) is 3.90. The highest BCUT2D eigenvalue weighted by Gasteiger charge is 2.16. The Hall–Kier alpha value is -3.93. The van der Waals surface area contributed by atoms with Gasteiger partial charge in [0, 0.05) is 10.9 Å². The summed E-state index contributed by atoms with van der Waals surface area (Å²) >= 11 is 0. The first-order valence-corrected chi connectivity index (χ1v) is 9.71. The van der Waals surface area contributed by atoms with Crippen molar-refractivity contribution in [3.63, 3.8) is 0 Å². The summed E-state index contributed by atoms with van der Waals surface area (Å²) in [5.74, 6) is 0.516. The van der Waals surface area contributed by atoms with E-state index in [4.69, 9.17) is 4.42 Å². The lowest BCUT2D eigenvalue weighted by molar-refractivity contribution is 0.0847. The van der Waals surface area contributed by atoms with E-state index in [0.29, 0.717) is 33.5 Å². The molecule has 2 N–H and O–H groups in total. The lowest BCUT2D eigenvalue weighted by Gasteiger charge is -2.11. The molecule has 0 atom stereocenters. The van der Waals surface area contributed by atoms with Crippen LogP contribution in [0.15, 0.2) is 71.1 Å². The molecule has 0 saturated heterocycles. The van der Waals surface area contributed by atoms with Gasteiger partial charge in [-0.2, -0.15) is 0 Å². The fourth-order valence-electron chi connectivity index (χ4n) is 3.21. The third kappa shape index (κ3) is 3.93. The molecule has 2 aromatic heterocycles. The number of carbonyl (C=O) groups excluding carboxylic acids is 2. The molecule has 2 amide bonds. The van der Waals surface area contributed by atoms with Gasteiger partial charge in [-0.15, -0.1) is 0 Å². The van der Waals surface area contributed by atoms with Crippen molar-refractivity contribution < 1.29 is 14.0 Å². The van der Waals surface area contributed by atoms with Crippen molar-refractivity contribution in [2.75, 3.05) is 0 Å². The van der Waals surface area contributed by atoms with Gasteiger partial charge in [-0.05, 0) is 55.3 Å². The van der Waals surface area contributed by atoms with Crippen LogP contribution in [-0.4, -0.2) is 16.8 Å². The van der Waals surface area contributed by atoms with Gasteiger partial charge in [0.2, 0.25) is 0 Å². The summed E-state index contributed by atoms with van der Waals surface area (Å²) in [6.07, 6.45) is 0.894. The van der Waals surface area contributed by atoms with Gasteiger partial charge in [0.15, 0.2) is 5.76 Å². The van der Waals surface area contributed by atoms with E-state index < -0.39 is 5.91 Å². The first kappa shape index (κ1) is 19.4. The summed E-state index contributed by atoms with van der Waals surface area (Å²) in [5, 5.41) is 0.684. The smallest absolute Gasteiger partial charge is 0.270 e. The predicted octanol–water partition coefficient (Wildman–Crippen LogP) is 4.44. The number of rotatable bonds is 4. The summed E-state index contributed by atoms with van der Waals surface area (Å²) in [4.78, 5) is 29.9. The minimum absolute atomic E-state index is 0.383. The van der Waals surface area contributed by atoms with E-state index in [1.807, 2.05) is 62.4 Å². The lowest BCUT2D eigenvalue weighted by atomic mass is 10.1. The Morgan fingerprint density at radius 1 is 0.933 bits per heavy atom. The van der Waals surface area contributed by atoms with E-state index in [0.717, 1.165) is 17.7 Å². The zero-order valence-electron chi connectivity index (χ0n) is 16.7. The highest BCUT2D eigenvalue weighted by molar-refractivity contribution is 6.08. The number of hydrazine groups is 1. The first-order chi connectivity index (χ1) is 14.5. The molecule has 2 heterocycles. The molecule has 0 radical (unpaired) electrons. The molecule has 30 heavy (non-hydrogen) atoms. The maximum atomic E-state index is 12.9. The number of hydrogen-bond acceptors (Lipinski definition) is 4. The molecule has 6 heteroatoms. The quantitative estimate of drug-likeness (QED) is 0.497. The zero-order valence-corrected chi connectivity index (χ0v) is 16.7. The SMILES string of the molecule is CCc1ccc(C(=O)NNC(=O)c2cc(-c3ccc(C)o3)nc3ccccc23)cc1. The van der Waals surface area contributed by atoms with Crippen LogP contribution < -0.4 is 10.9 Å². The standard InChI is InChI=1S/C24H21N3O3/c1-3-16-9-11-17(12-10-16)23(28)26-27-24(29)19-14-21(22-13-8-15(2)30-22)25-20-7-5-4-6-18(19)20/h4-14H,3H2,1-2H3,(H,26,28)(H,27,29). The number of furan rings is 1. The molecule has 150 valence electrons. The number of para-hydroxylation sites is 1. The van der Waals surface area contributed by atoms with Gasteiger partial charge in [-0.3, -0.25) is 20.4 Å². The monoisotopic (exact) mass is 399 g/mol. The van der Waals surface area contributed by atoms with E-state index in [1.165, 1.54) is 0 Å². The first-order valence-electron chi connectivity index (χ1n) is 9.71. The minimum atomic E-state index is -0.434. The molecule has 0 spiro atoms. The summed E-state index contributed by atoms with van der Waals surface area (Å²) in [7, 11) is 0. The maximum Gasteiger partial charge on any atom is 0.270 e. The second-order valence-corrected chi connectivity index (χ2v) is 6.94. The second kappa shape index (κ2) is 8.21. The zero-order chi connectivity index (χ0) is 21.1. The molecule has 4 aromatic rings. The Balaban J connectivity index is 1.59. The Bertz CT molecular complexity index is 1230. The average molecular weight is 399 g/mol. The van der Waals surface area contributed by atoms with Crippen LogP contribution in [0.25, 0.3) is 22.4 Å². The van der Waals surface area contributed by atoms with Crippen molar-refractivity contribution in [2.45, 2.75) is 20.3 Å². The predicted molar refractivity (Wildman–Crippen MR) is 115 cm³/mol. The number of nitrogens with one attached hydrogen (secondary N) is 2. The number of fused-ring (bicyclic) bond motifs is 1. The Kier molecular flexibility index (Phi) is 5.30. The van der Waals surface area contributed by atoms with Gasteiger partial charge in [0.1, 0.15) is 11.5 Å². The number of pyridine rings is 1. The van der Waals surface area contributed by atoms with Gasteiger partial charge in [0.05, 0.1) is 11.1 Å². The van der Waals surface area contributed by atoms with Crippen LogP contribution in [0.3, 0.4) is 0 Å². The third-order valence-electron chi connectivity index (χ3n) is 4.87. The highest BCUT2D eigenvalue weighted by atomic mass is 16.3. The van der Waals surface area contributed by atoms with Crippen LogP contribution in [0.4, 0.5) is 0 Å². The molecule has 2 aromatic carbocycles. The van der Waals surface area contributed by atoms with E-state index in [9.17, 15) is 9.59 Å². The molecule has 0 fully saturated rings. The minimum Gasteiger partial charge on any atom is -0.460 e. The van der Waals surface area contributed by atoms with E-state index >= 15 is 0 Å². The average Bonchev–Trinajstić information content (AvgIpc) is 3.22. The largest absolute Gasteiger partial charge is 0.460 e. The summed E-state index contributed by atoms with van der Waals surface area (Å²) in [6, 6.07) is 19.9. The van der Waals surface area contributed by atoms with Crippen LogP contribution in [0.5, 0.6) is 0 Å². The van der Waals surface area contributed by atoms with Crippen LogP contribution in [0.2, 0.25) is 0 Å². The van der Waals surface area contributed by atoms with Crippen LogP contribution in [0, 0.1) is 6.92 Å². The number of benzene rings is 2. The molecule has 0 aliphatic rings. The van der Waals surface area contributed by atoms with Gasteiger partial charge >= 0.3 is 0 Å². The third-order valence-corrected chi connectivity index (χ3v) is 4.87. The maximum absolute atomic E-state index is 12.9. The van der Waals surface area contributed by atoms with E-state index in [2.05, 4.69) is 15.8 Å². The molecule has 0 aliphatic carbocycles. The number of aryl methyl sites for hydroxylation is 2. The van der Waals surface area contributed by atoms with Gasteiger partial charge in [-0.1, -0.05) is 37.3 Å². The molecule has 0 unspecified atom stereocenters. The molecule has 4 rings (SSSR count). The molecule has 0 saturated carbocycles. The van der Waals surface area contributed by atoms with Crippen molar-refractivity contribution in [1.29, 1.82) is 0 Å². The number of nitrogens with zero attached hydrogens (tertiary/aromatic N) is 1. The van der Waals surface area contributed by atoms with Crippen molar-refractivity contribution in [3.8, 4) is 11.5 Å². The number of hydrogen-bond donors (Lipinski definition) is 2. The van der Waals surface area contributed by atoms with Gasteiger partial charge in [0.25, 0.3) is 11.8 Å². The molecule has 6 nitrogen and oxygen atoms in total. The van der Waals surface area contributed by atoms with Crippen molar-refractivity contribution in [2.24, 2.45) is 0 Å². The number of carbonyl (C=O) groups is 2. The van der Waals surface area contributed by atoms with Gasteiger partial charge < -0.3 is 4.42 Å². The number of aromatic nitrogens is 1. The lowest BCUT2D eigenvalue weighted by Crippen LogP contribution is -2.41. The van der Waals surface area contributed by atoms with Crippen LogP contribution >= 0.6 is 0 Å². The fraction of sp³-hybridized carbons (Fsp3) is 0.125. The van der Waals surface area contributed by atoms with Crippen molar-refractivity contribution >= 4 is 22.7 Å². The molecular formula is C24H21N3O3. The second-order valence-electron chi connectivity index (χ2n) is 6.94. The van der Waals surface area contributed by atoms with E-state index in [1.54, 1.807) is 18.2 Å². The Labute approximate surface area is 173 Å². The van der Waals surface area contributed by atoms with Gasteiger partial charge in [-0.25, -0.2) is 4.98 Å². The molecule has 0 bridgehead atoms. The topological polar surface area (TPSA) is 84.2 Å². The summed E-state index contributed by atoms with van der Waals surface area (Å²) < 4.78 is 5.66. The normalized spacial score (nSPS) is 10.7. The Morgan fingerprint density at radius 2 is 1.67 bits per heavy atom. The highest BCUT2D eigenvalue weighted by Crippen LogP contribution is 2.26.